The lowest BCUT2D eigenvalue weighted by Crippen LogP contribution is -2.31. The molecule has 0 N–H and O–H groups in total. The van der Waals surface area contributed by atoms with Crippen molar-refractivity contribution in [3.05, 3.63) is 65.6 Å². The number of halogens is 1. The number of amides is 1. The molecule has 2 heterocycles. The van der Waals surface area contributed by atoms with Crippen LogP contribution in [0.1, 0.15) is 34.9 Å². The van der Waals surface area contributed by atoms with Crippen molar-refractivity contribution < 1.29 is 23.2 Å². The number of likely N-dealkylation sites (tertiary alicyclic amines) is 1. The van der Waals surface area contributed by atoms with E-state index in [2.05, 4.69) is 5.16 Å². The topological polar surface area (TPSA) is 64.8 Å². The van der Waals surface area contributed by atoms with E-state index in [1.807, 2.05) is 0 Å². The summed E-state index contributed by atoms with van der Waals surface area (Å²) in [5, 5.41) is 3.95. The second kappa shape index (κ2) is 7.95. The lowest BCUT2D eigenvalue weighted by atomic mass is 10.0. The smallest absolute Gasteiger partial charge is 0.276 e. The van der Waals surface area contributed by atoms with Gasteiger partial charge in [0, 0.05) is 23.7 Å². The molecule has 1 unspecified atom stereocenters. The number of carbonyl (C=O) groups is 1. The van der Waals surface area contributed by atoms with Gasteiger partial charge < -0.3 is 18.9 Å². The lowest BCUT2D eigenvalue weighted by molar-refractivity contribution is 0.0723. The molecule has 1 atom stereocenters. The van der Waals surface area contributed by atoms with E-state index in [9.17, 15) is 9.18 Å². The van der Waals surface area contributed by atoms with Crippen molar-refractivity contribution in [2.75, 3.05) is 20.8 Å². The van der Waals surface area contributed by atoms with E-state index in [-0.39, 0.29) is 23.5 Å². The molecule has 2 aromatic carbocycles. The summed E-state index contributed by atoms with van der Waals surface area (Å²) in [7, 11) is 3.11. The van der Waals surface area contributed by atoms with Crippen LogP contribution in [0.25, 0.3) is 11.3 Å². The van der Waals surface area contributed by atoms with Gasteiger partial charge in [-0.25, -0.2) is 4.39 Å². The number of rotatable bonds is 5. The minimum absolute atomic E-state index is 0.193. The van der Waals surface area contributed by atoms with Gasteiger partial charge in [-0.3, -0.25) is 4.79 Å². The quantitative estimate of drug-likeness (QED) is 0.636. The molecule has 1 aliphatic heterocycles. The third-order valence-corrected chi connectivity index (χ3v) is 5.18. The Kier molecular flexibility index (Phi) is 5.20. The van der Waals surface area contributed by atoms with Crippen molar-refractivity contribution in [2.45, 2.75) is 18.9 Å². The summed E-state index contributed by atoms with van der Waals surface area (Å²) in [6.45, 7) is 0.552. The normalized spacial score (nSPS) is 16.1. The van der Waals surface area contributed by atoms with Gasteiger partial charge in [-0.1, -0.05) is 23.4 Å². The first-order chi connectivity index (χ1) is 14.1. The average Bonchev–Trinajstić information content (AvgIpc) is 3.43. The molecule has 150 valence electrons. The minimum atomic E-state index is -0.302. The van der Waals surface area contributed by atoms with Crippen LogP contribution in [0.2, 0.25) is 0 Å². The molecule has 29 heavy (non-hydrogen) atoms. The van der Waals surface area contributed by atoms with Gasteiger partial charge in [0.05, 0.1) is 20.3 Å². The van der Waals surface area contributed by atoms with Crippen LogP contribution in [0.4, 0.5) is 4.39 Å². The second-order valence-corrected chi connectivity index (χ2v) is 6.82. The van der Waals surface area contributed by atoms with Crippen LogP contribution in [0.3, 0.4) is 0 Å². The van der Waals surface area contributed by atoms with Gasteiger partial charge in [-0.15, -0.1) is 0 Å². The van der Waals surface area contributed by atoms with Gasteiger partial charge in [0.15, 0.2) is 23.0 Å². The van der Waals surface area contributed by atoms with Gasteiger partial charge in [0.2, 0.25) is 0 Å². The highest BCUT2D eigenvalue weighted by Crippen LogP contribution is 2.36. The molecule has 4 rings (SSSR count). The summed E-state index contributed by atoms with van der Waals surface area (Å²) in [4.78, 5) is 14.7. The summed E-state index contributed by atoms with van der Waals surface area (Å²) in [6, 6.07) is 13.2. The first-order valence-corrected chi connectivity index (χ1v) is 9.37. The van der Waals surface area contributed by atoms with Crippen LogP contribution in [0, 0.1) is 5.82 Å². The van der Waals surface area contributed by atoms with Gasteiger partial charge in [0.1, 0.15) is 5.82 Å². The van der Waals surface area contributed by atoms with Crippen molar-refractivity contribution in [2.24, 2.45) is 0 Å². The van der Waals surface area contributed by atoms with E-state index in [4.69, 9.17) is 14.0 Å². The molecule has 0 bridgehead atoms. The highest BCUT2D eigenvalue weighted by Gasteiger charge is 2.33. The zero-order valence-electron chi connectivity index (χ0n) is 16.2. The summed E-state index contributed by atoms with van der Waals surface area (Å²) in [5.74, 6) is 1.01. The summed E-state index contributed by atoms with van der Waals surface area (Å²) < 4.78 is 30.2. The molecule has 1 fully saturated rings. The molecule has 0 radical (unpaired) electrons. The second-order valence-electron chi connectivity index (χ2n) is 6.82. The highest BCUT2D eigenvalue weighted by atomic mass is 19.1. The Morgan fingerprint density at radius 2 is 1.93 bits per heavy atom. The SMILES string of the molecule is COc1ccc(-c2cc(C(=O)N3CCCC3c3ccccc3F)no2)cc1OC. The lowest BCUT2D eigenvalue weighted by Gasteiger charge is -2.24. The van der Waals surface area contributed by atoms with Crippen LogP contribution >= 0.6 is 0 Å². The van der Waals surface area contributed by atoms with Crippen LogP contribution in [-0.4, -0.2) is 36.7 Å². The van der Waals surface area contributed by atoms with Crippen molar-refractivity contribution in [3.8, 4) is 22.8 Å². The summed E-state index contributed by atoms with van der Waals surface area (Å²) in [5.41, 5.74) is 1.43. The molecule has 0 saturated carbocycles. The van der Waals surface area contributed by atoms with E-state index in [0.29, 0.717) is 41.4 Å². The maximum atomic E-state index is 14.2. The van der Waals surface area contributed by atoms with Gasteiger partial charge in [-0.2, -0.15) is 0 Å². The first-order valence-electron chi connectivity index (χ1n) is 9.37. The first kappa shape index (κ1) is 19.0. The predicted molar refractivity (Wildman–Crippen MR) is 104 cm³/mol. The fourth-order valence-corrected chi connectivity index (χ4v) is 3.73. The van der Waals surface area contributed by atoms with Gasteiger partial charge in [0.25, 0.3) is 5.91 Å². The number of hydrogen-bond donors (Lipinski definition) is 0. The molecule has 1 aromatic heterocycles. The number of ether oxygens (including phenoxy) is 2. The zero-order chi connectivity index (χ0) is 20.4. The molecule has 0 aliphatic carbocycles. The molecule has 7 heteroatoms. The maximum Gasteiger partial charge on any atom is 0.276 e. The Bertz CT molecular complexity index is 1030. The Hall–Kier alpha value is -3.35. The zero-order valence-corrected chi connectivity index (χ0v) is 16.2. The number of carbonyl (C=O) groups excluding carboxylic acids is 1. The average molecular weight is 396 g/mol. The van der Waals surface area contributed by atoms with Crippen LogP contribution in [0.15, 0.2) is 53.1 Å². The van der Waals surface area contributed by atoms with Crippen molar-refractivity contribution >= 4 is 5.91 Å². The monoisotopic (exact) mass is 396 g/mol. The van der Waals surface area contributed by atoms with Gasteiger partial charge >= 0.3 is 0 Å². The third kappa shape index (κ3) is 3.55. The fraction of sp³-hybridized carbons (Fsp3) is 0.273. The maximum absolute atomic E-state index is 14.2. The van der Waals surface area contributed by atoms with E-state index in [1.54, 1.807) is 61.6 Å². The van der Waals surface area contributed by atoms with Crippen LogP contribution in [0.5, 0.6) is 11.5 Å². The number of aromatic nitrogens is 1. The fourth-order valence-electron chi connectivity index (χ4n) is 3.73. The van der Waals surface area contributed by atoms with E-state index < -0.39 is 0 Å². The Labute approximate surface area is 167 Å². The van der Waals surface area contributed by atoms with E-state index >= 15 is 0 Å². The largest absolute Gasteiger partial charge is 0.493 e. The molecule has 6 nitrogen and oxygen atoms in total. The molecule has 1 aliphatic rings. The van der Waals surface area contributed by atoms with E-state index in [0.717, 1.165) is 6.42 Å². The standard InChI is InChI=1S/C22H21FN2O4/c1-27-19-10-9-14(12-21(19)28-2)20-13-17(24-29-20)22(26)25-11-5-8-18(25)15-6-3-4-7-16(15)23/h3-4,6-7,9-10,12-13,18H,5,8,11H2,1-2H3. The molecular weight excluding hydrogens is 375 g/mol. The third-order valence-electron chi connectivity index (χ3n) is 5.18. The Balaban J connectivity index is 1.59. The van der Waals surface area contributed by atoms with Gasteiger partial charge in [-0.05, 0) is 37.1 Å². The minimum Gasteiger partial charge on any atom is -0.493 e. The molecule has 1 amide bonds. The Morgan fingerprint density at radius 1 is 1.14 bits per heavy atom. The number of methoxy groups -OCH3 is 2. The predicted octanol–water partition coefficient (Wildman–Crippen LogP) is 4.48. The number of benzene rings is 2. The van der Waals surface area contributed by atoms with Crippen molar-refractivity contribution in [3.63, 3.8) is 0 Å². The molecule has 0 spiro atoms. The molecule has 1 saturated heterocycles. The number of hydrogen-bond acceptors (Lipinski definition) is 5. The van der Waals surface area contributed by atoms with Crippen LogP contribution in [-0.2, 0) is 0 Å². The van der Waals surface area contributed by atoms with Crippen molar-refractivity contribution in [1.29, 1.82) is 0 Å². The summed E-state index contributed by atoms with van der Waals surface area (Å²) in [6.07, 6.45) is 1.53. The molecule has 3 aromatic rings. The molecular formula is C22H21FN2O4. The van der Waals surface area contributed by atoms with Crippen LogP contribution < -0.4 is 9.47 Å². The van der Waals surface area contributed by atoms with Crippen molar-refractivity contribution in [1.82, 2.24) is 10.1 Å². The number of nitrogens with zero attached hydrogens (tertiary/aromatic N) is 2. The highest BCUT2D eigenvalue weighted by molar-refractivity contribution is 5.93. The van der Waals surface area contributed by atoms with E-state index in [1.165, 1.54) is 6.07 Å². The summed E-state index contributed by atoms with van der Waals surface area (Å²) >= 11 is 0. The Morgan fingerprint density at radius 3 is 2.69 bits per heavy atom.